The largest absolute Gasteiger partial charge is 0.425 e. The van der Waals surface area contributed by atoms with E-state index in [-0.39, 0.29) is 5.91 Å². The number of para-hydroxylation sites is 1. The molecule has 2 aromatic carbocycles. The van der Waals surface area contributed by atoms with Gasteiger partial charge in [-0.1, -0.05) is 35.9 Å². The van der Waals surface area contributed by atoms with Crippen LogP contribution >= 0.6 is 0 Å². The number of fused-ring (bicyclic) bond motifs is 3. The summed E-state index contributed by atoms with van der Waals surface area (Å²) >= 11 is 0. The van der Waals surface area contributed by atoms with Gasteiger partial charge < -0.3 is 4.74 Å². The van der Waals surface area contributed by atoms with Crippen LogP contribution < -0.4 is 9.64 Å². The van der Waals surface area contributed by atoms with Crippen LogP contribution in [0.4, 0.5) is 5.69 Å². The lowest BCUT2D eigenvalue weighted by atomic mass is 9.94. The van der Waals surface area contributed by atoms with Crippen molar-refractivity contribution in [3.05, 3.63) is 59.7 Å². The molecule has 5 heteroatoms. The van der Waals surface area contributed by atoms with E-state index < -0.39 is 28.6 Å². The predicted octanol–water partition coefficient (Wildman–Crippen LogP) is 2.58. The van der Waals surface area contributed by atoms with Gasteiger partial charge in [-0.15, -0.1) is 0 Å². The van der Waals surface area contributed by atoms with Gasteiger partial charge in [-0.25, -0.2) is 4.90 Å². The number of hydrogen-bond acceptors (Lipinski definition) is 4. The van der Waals surface area contributed by atoms with Gasteiger partial charge in [-0.3, -0.25) is 14.4 Å². The van der Waals surface area contributed by atoms with Crippen molar-refractivity contribution in [2.45, 2.75) is 19.8 Å². The quantitative estimate of drug-likeness (QED) is 0.348. The van der Waals surface area contributed by atoms with E-state index in [1.165, 1.54) is 0 Å². The van der Waals surface area contributed by atoms with E-state index in [1.807, 2.05) is 31.2 Å². The molecule has 0 bridgehead atoms. The number of piperidine rings is 1. The Bertz CT molecular complexity index is 979. The highest BCUT2D eigenvalue weighted by Crippen LogP contribution is 2.81. The maximum atomic E-state index is 13.2. The molecule has 2 fully saturated rings. The van der Waals surface area contributed by atoms with E-state index in [1.54, 1.807) is 31.2 Å². The summed E-state index contributed by atoms with van der Waals surface area (Å²) in [7, 11) is 0. The van der Waals surface area contributed by atoms with Crippen molar-refractivity contribution in [3.8, 4) is 5.75 Å². The maximum absolute atomic E-state index is 13.2. The molecular formula is C20H15NO4. The van der Waals surface area contributed by atoms with Crippen molar-refractivity contribution in [2.75, 3.05) is 4.90 Å². The molecule has 5 nitrogen and oxygen atoms in total. The molecule has 25 heavy (non-hydrogen) atoms. The molecule has 0 aromatic heterocycles. The lowest BCUT2D eigenvalue weighted by Crippen LogP contribution is -2.42. The van der Waals surface area contributed by atoms with Crippen LogP contribution in [-0.4, -0.2) is 17.8 Å². The Kier molecular flexibility index (Phi) is 2.40. The molecule has 1 spiro atoms. The van der Waals surface area contributed by atoms with Crippen molar-refractivity contribution in [2.24, 2.45) is 10.8 Å². The number of imide groups is 1. The summed E-state index contributed by atoms with van der Waals surface area (Å²) in [5, 5.41) is 0. The van der Waals surface area contributed by atoms with Gasteiger partial charge in [-0.2, -0.15) is 0 Å². The SMILES string of the molecule is Cc1ccc(N2C(=O)[C@]34C(=O)Oc5ccccc5[C@H]3[C@]4(C)C2=O)cc1. The van der Waals surface area contributed by atoms with Gasteiger partial charge in [0.15, 0.2) is 5.41 Å². The third-order valence-electron chi connectivity index (χ3n) is 5.98. The van der Waals surface area contributed by atoms with Gasteiger partial charge in [-0.05, 0) is 32.0 Å². The summed E-state index contributed by atoms with van der Waals surface area (Å²) < 4.78 is 5.44. The Morgan fingerprint density at radius 2 is 1.64 bits per heavy atom. The van der Waals surface area contributed by atoms with Crippen molar-refractivity contribution in [1.29, 1.82) is 0 Å². The van der Waals surface area contributed by atoms with Crippen molar-refractivity contribution in [1.82, 2.24) is 0 Å². The molecule has 3 aliphatic rings. The standard InChI is InChI=1S/C20H15NO4/c1-11-7-9-12(10-8-11)21-16(22)19(2)15-13-5-3-4-6-14(13)25-18(24)20(15,19)17(21)23/h3-10,15H,1-2H3/t15-,19+,20-/m0/s1. The highest BCUT2D eigenvalue weighted by atomic mass is 16.5. The zero-order valence-electron chi connectivity index (χ0n) is 13.8. The summed E-state index contributed by atoms with van der Waals surface area (Å²) in [4.78, 5) is 40.3. The number of carbonyl (C=O) groups excluding carboxylic acids is 3. The first kappa shape index (κ1) is 14.4. The number of nitrogens with zero attached hydrogens (tertiary/aromatic N) is 1. The van der Waals surface area contributed by atoms with Gasteiger partial charge in [0.2, 0.25) is 5.91 Å². The fraction of sp³-hybridized carbons (Fsp3) is 0.250. The Hall–Kier alpha value is -2.95. The van der Waals surface area contributed by atoms with Crippen LogP contribution in [-0.2, 0) is 14.4 Å². The zero-order valence-corrected chi connectivity index (χ0v) is 13.8. The number of aryl methyl sites for hydroxylation is 1. The van der Waals surface area contributed by atoms with E-state index in [9.17, 15) is 14.4 Å². The van der Waals surface area contributed by atoms with Crippen LogP contribution in [0.15, 0.2) is 48.5 Å². The lowest BCUT2D eigenvalue weighted by Gasteiger charge is -2.25. The van der Waals surface area contributed by atoms with Crippen LogP contribution in [0.5, 0.6) is 5.75 Å². The van der Waals surface area contributed by atoms with E-state index in [2.05, 4.69) is 0 Å². The second-order valence-electron chi connectivity index (χ2n) is 7.15. The number of rotatable bonds is 1. The van der Waals surface area contributed by atoms with Gasteiger partial charge in [0.05, 0.1) is 11.1 Å². The van der Waals surface area contributed by atoms with Crippen LogP contribution in [0.2, 0.25) is 0 Å². The van der Waals surface area contributed by atoms with Crippen LogP contribution in [0.3, 0.4) is 0 Å². The number of amides is 2. The van der Waals surface area contributed by atoms with Gasteiger partial charge in [0.1, 0.15) is 5.75 Å². The topological polar surface area (TPSA) is 63.7 Å². The van der Waals surface area contributed by atoms with Gasteiger partial charge >= 0.3 is 5.97 Å². The molecule has 3 atom stereocenters. The molecule has 0 unspecified atom stereocenters. The molecular weight excluding hydrogens is 318 g/mol. The minimum absolute atomic E-state index is 0.333. The molecule has 5 rings (SSSR count). The number of hydrogen-bond donors (Lipinski definition) is 0. The number of carbonyl (C=O) groups is 3. The first-order valence-electron chi connectivity index (χ1n) is 8.21. The highest BCUT2D eigenvalue weighted by molar-refractivity contribution is 6.36. The fourth-order valence-electron chi connectivity index (χ4n) is 4.64. The normalized spacial score (nSPS) is 32.0. The third kappa shape index (κ3) is 1.36. The van der Waals surface area contributed by atoms with E-state index in [0.717, 1.165) is 16.0 Å². The Morgan fingerprint density at radius 1 is 0.960 bits per heavy atom. The van der Waals surface area contributed by atoms with Crippen LogP contribution in [0.25, 0.3) is 0 Å². The monoisotopic (exact) mass is 333 g/mol. The number of benzene rings is 2. The van der Waals surface area contributed by atoms with E-state index >= 15 is 0 Å². The van der Waals surface area contributed by atoms with Crippen LogP contribution in [0.1, 0.15) is 24.0 Å². The Morgan fingerprint density at radius 3 is 2.36 bits per heavy atom. The number of ether oxygens (including phenoxy) is 1. The van der Waals surface area contributed by atoms with Crippen molar-refractivity contribution >= 4 is 23.5 Å². The first-order chi connectivity index (χ1) is 11.9. The molecule has 2 amide bonds. The minimum atomic E-state index is -1.43. The summed E-state index contributed by atoms with van der Waals surface area (Å²) in [6.45, 7) is 3.63. The van der Waals surface area contributed by atoms with E-state index in [4.69, 9.17) is 4.74 Å². The maximum Gasteiger partial charge on any atom is 0.328 e. The summed E-state index contributed by atoms with van der Waals surface area (Å²) in [5.74, 6) is -1.43. The molecule has 1 saturated carbocycles. The average molecular weight is 333 g/mol. The van der Waals surface area contributed by atoms with Crippen molar-refractivity contribution < 1.29 is 19.1 Å². The summed E-state index contributed by atoms with van der Waals surface area (Å²) in [6, 6.07) is 14.3. The Labute approximate surface area is 144 Å². The molecule has 2 aliphatic heterocycles. The van der Waals surface area contributed by atoms with Crippen LogP contribution in [0, 0.1) is 17.8 Å². The third-order valence-corrected chi connectivity index (χ3v) is 5.98. The van der Waals surface area contributed by atoms with Gasteiger partial charge in [0.25, 0.3) is 5.91 Å². The zero-order chi connectivity index (χ0) is 17.6. The second kappa shape index (κ2) is 4.17. The molecule has 1 aliphatic carbocycles. The minimum Gasteiger partial charge on any atom is -0.425 e. The highest BCUT2D eigenvalue weighted by Gasteiger charge is 2.93. The molecule has 2 heterocycles. The summed E-state index contributed by atoms with van der Waals surface area (Å²) in [6.07, 6.45) is 0. The molecule has 0 radical (unpaired) electrons. The fourth-order valence-corrected chi connectivity index (χ4v) is 4.64. The number of esters is 1. The molecule has 2 aromatic rings. The second-order valence-corrected chi connectivity index (χ2v) is 7.15. The van der Waals surface area contributed by atoms with E-state index in [0.29, 0.717) is 11.4 Å². The van der Waals surface area contributed by atoms with Gasteiger partial charge in [0, 0.05) is 11.5 Å². The smallest absolute Gasteiger partial charge is 0.328 e. The predicted molar refractivity (Wildman–Crippen MR) is 89.0 cm³/mol. The molecule has 124 valence electrons. The number of anilines is 1. The lowest BCUT2D eigenvalue weighted by molar-refractivity contribution is -0.147. The first-order valence-corrected chi connectivity index (χ1v) is 8.21. The molecule has 0 N–H and O–H groups in total. The summed E-state index contributed by atoms with van der Waals surface area (Å²) in [5.41, 5.74) is -0.230. The molecule has 1 saturated heterocycles. The Balaban J connectivity index is 1.67. The average Bonchev–Trinajstić information content (AvgIpc) is 3.15. The van der Waals surface area contributed by atoms with Crippen molar-refractivity contribution in [3.63, 3.8) is 0 Å².